The molecule has 2 heteroatoms. The van der Waals surface area contributed by atoms with Gasteiger partial charge in [0, 0.05) is 0 Å². The van der Waals surface area contributed by atoms with Crippen molar-refractivity contribution >= 4 is 5.97 Å². The quantitative estimate of drug-likeness (QED) is 0.584. The number of hydrogen-bond donors (Lipinski definition) is 0. The maximum absolute atomic E-state index is 12.4. The molecule has 1 aromatic rings. The monoisotopic (exact) mass is 300 g/mol. The summed E-state index contributed by atoms with van der Waals surface area (Å²) >= 11 is 0. The second-order valence-corrected chi connectivity index (χ2v) is 7.48. The Bertz CT molecular complexity index is 619. The van der Waals surface area contributed by atoms with E-state index in [1.54, 1.807) is 0 Å². The van der Waals surface area contributed by atoms with Crippen LogP contribution in [0.5, 0.6) is 0 Å². The summed E-state index contributed by atoms with van der Waals surface area (Å²) in [4.78, 5) is 12.4. The summed E-state index contributed by atoms with van der Waals surface area (Å²) in [6.45, 7) is 15.1. The molecule has 0 bridgehead atoms. The average molecular weight is 300 g/mol. The van der Waals surface area contributed by atoms with Crippen LogP contribution in [-0.4, -0.2) is 5.97 Å². The fraction of sp³-hybridized carbons (Fsp3) is 0.550. The molecule has 0 N–H and O–H groups in total. The van der Waals surface area contributed by atoms with Crippen molar-refractivity contribution in [3.8, 4) is 0 Å². The van der Waals surface area contributed by atoms with Crippen LogP contribution in [-0.2, 0) is 16.1 Å². The fourth-order valence-corrected chi connectivity index (χ4v) is 3.26. The van der Waals surface area contributed by atoms with Crippen molar-refractivity contribution in [3.63, 3.8) is 0 Å². The topological polar surface area (TPSA) is 26.3 Å². The smallest absolute Gasteiger partial charge is 0.310 e. The van der Waals surface area contributed by atoms with Gasteiger partial charge in [-0.3, -0.25) is 4.79 Å². The lowest BCUT2D eigenvalue weighted by Crippen LogP contribution is -2.12. The minimum atomic E-state index is -0.0622. The van der Waals surface area contributed by atoms with Crippen LogP contribution in [0.15, 0.2) is 23.8 Å². The first-order chi connectivity index (χ1) is 10.2. The van der Waals surface area contributed by atoms with Crippen LogP contribution in [0.4, 0.5) is 0 Å². The number of esters is 1. The summed E-state index contributed by atoms with van der Waals surface area (Å²) in [5.74, 6) is 0.241. The summed E-state index contributed by atoms with van der Waals surface area (Å²) in [7, 11) is 0. The lowest BCUT2D eigenvalue weighted by Gasteiger charge is -2.13. The zero-order valence-corrected chi connectivity index (χ0v) is 14.9. The third-order valence-electron chi connectivity index (χ3n) is 5.14. The van der Waals surface area contributed by atoms with Crippen molar-refractivity contribution in [2.45, 2.75) is 55.1 Å². The van der Waals surface area contributed by atoms with Crippen molar-refractivity contribution in [2.75, 3.05) is 0 Å². The molecule has 0 heterocycles. The van der Waals surface area contributed by atoms with E-state index in [0.29, 0.717) is 12.5 Å². The van der Waals surface area contributed by atoms with Crippen molar-refractivity contribution in [3.05, 3.63) is 46.0 Å². The van der Waals surface area contributed by atoms with E-state index in [-0.39, 0.29) is 17.3 Å². The highest BCUT2D eigenvalue weighted by Crippen LogP contribution is 2.59. The van der Waals surface area contributed by atoms with Crippen LogP contribution in [0.3, 0.4) is 0 Å². The summed E-state index contributed by atoms with van der Waals surface area (Å²) in [6.07, 6.45) is 2.20. The van der Waals surface area contributed by atoms with Gasteiger partial charge < -0.3 is 4.74 Å². The van der Waals surface area contributed by atoms with Crippen LogP contribution in [0.2, 0.25) is 0 Å². The number of carbonyl (C=O) groups excluding carboxylic acids is 1. The lowest BCUT2D eigenvalue weighted by molar-refractivity contribution is -0.147. The van der Waals surface area contributed by atoms with Gasteiger partial charge in [0.2, 0.25) is 0 Å². The Balaban J connectivity index is 2.06. The zero-order chi connectivity index (χ0) is 16.7. The van der Waals surface area contributed by atoms with Gasteiger partial charge >= 0.3 is 5.97 Å². The molecule has 0 aliphatic heterocycles. The first kappa shape index (κ1) is 16.8. The van der Waals surface area contributed by atoms with Gasteiger partial charge in [-0.1, -0.05) is 37.6 Å². The fourth-order valence-electron chi connectivity index (χ4n) is 3.26. The second-order valence-electron chi connectivity index (χ2n) is 7.48. The zero-order valence-electron chi connectivity index (χ0n) is 14.9. The lowest BCUT2D eigenvalue weighted by atomic mass is 9.99. The van der Waals surface area contributed by atoms with E-state index < -0.39 is 0 Å². The molecule has 1 fully saturated rings. The van der Waals surface area contributed by atoms with E-state index in [1.165, 1.54) is 22.3 Å². The SMILES string of the molecule is CC(C)=CC1C(C(=O)OCc2c(C)ccc(C)c2C)C1(C)C. The Kier molecular flexibility index (Phi) is 4.51. The summed E-state index contributed by atoms with van der Waals surface area (Å²) in [5, 5.41) is 0. The van der Waals surface area contributed by atoms with E-state index in [9.17, 15) is 4.79 Å². The molecule has 2 rings (SSSR count). The Morgan fingerprint density at radius 3 is 2.36 bits per heavy atom. The highest BCUT2D eigenvalue weighted by atomic mass is 16.5. The van der Waals surface area contributed by atoms with E-state index in [4.69, 9.17) is 4.74 Å². The predicted molar refractivity (Wildman–Crippen MR) is 90.6 cm³/mol. The minimum Gasteiger partial charge on any atom is -0.461 e. The molecule has 1 aliphatic rings. The molecular formula is C20H28O2. The molecule has 0 amide bonds. The Morgan fingerprint density at radius 1 is 1.18 bits per heavy atom. The van der Waals surface area contributed by atoms with Gasteiger partial charge in [-0.15, -0.1) is 0 Å². The first-order valence-electron chi connectivity index (χ1n) is 8.03. The average Bonchev–Trinajstić information content (AvgIpc) is 2.94. The number of hydrogen-bond acceptors (Lipinski definition) is 2. The first-order valence-corrected chi connectivity index (χ1v) is 8.03. The standard InChI is InChI=1S/C20H28O2/c1-12(2)10-17-18(20(17,6)7)19(21)22-11-16-14(4)9-8-13(3)15(16)5/h8-10,17-18H,11H2,1-7H3. The largest absolute Gasteiger partial charge is 0.461 e. The third-order valence-corrected chi connectivity index (χ3v) is 5.14. The molecule has 1 saturated carbocycles. The van der Waals surface area contributed by atoms with Crippen LogP contribution >= 0.6 is 0 Å². The van der Waals surface area contributed by atoms with Gasteiger partial charge in [0.15, 0.2) is 0 Å². The van der Waals surface area contributed by atoms with Gasteiger partial charge in [0.05, 0.1) is 5.92 Å². The number of ether oxygens (including phenoxy) is 1. The van der Waals surface area contributed by atoms with Gasteiger partial charge in [-0.05, 0) is 68.2 Å². The van der Waals surface area contributed by atoms with Gasteiger partial charge in [-0.2, -0.15) is 0 Å². The van der Waals surface area contributed by atoms with Gasteiger partial charge in [0.25, 0.3) is 0 Å². The number of rotatable bonds is 4. The van der Waals surface area contributed by atoms with Crippen LogP contribution in [0.1, 0.15) is 49.9 Å². The molecule has 1 aromatic carbocycles. The highest BCUT2D eigenvalue weighted by Gasteiger charge is 2.61. The third kappa shape index (κ3) is 3.11. The van der Waals surface area contributed by atoms with Crippen LogP contribution < -0.4 is 0 Å². The maximum atomic E-state index is 12.4. The van der Waals surface area contributed by atoms with Crippen LogP contribution in [0.25, 0.3) is 0 Å². The maximum Gasteiger partial charge on any atom is 0.310 e. The summed E-state index contributed by atoms with van der Waals surface area (Å²) in [6, 6.07) is 4.21. The van der Waals surface area contributed by atoms with Crippen molar-refractivity contribution in [1.29, 1.82) is 0 Å². The molecule has 22 heavy (non-hydrogen) atoms. The number of benzene rings is 1. The molecule has 2 atom stereocenters. The van der Waals surface area contributed by atoms with Crippen molar-refractivity contribution < 1.29 is 9.53 Å². The normalized spacial score (nSPS) is 22.1. The molecule has 1 aliphatic carbocycles. The summed E-state index contributed by atoms with van der Waals surface area (Å²) < 4.78 is 5.65. The molecule has 2 unspecified atom stereocenters. The van der Waals surface area contributed by atoms with E-state index in [2.05, 4.69) is 66.7 Å². The van der Waals surface area contributed by atoms with E-state index in [1.807, 2.05) is 0 Å². The molecule has 0 aromatic heterocycles. The summed E-state index contributed by atoms with van der Waals surface area (Å²) in [5.41, 5.74) is 6.08. The molecule has 0 saturated heterocycles. The molecular weight excluding hydrogens is 272 g/mol. The van der Waals surface area contributed by atoms with Crippen molar-refractivity contribution in [1.82, 2.24) is 0 Å². The number of allylic oxidation sites excluding steroid dienone is 2. The molecule has 0 radical (unpaired) electrons. The Labute approximate surface area is 134 Å². The predicted octanol–water partition coefficient (Wildman–Crippen LogP) is 4.89. The van der Waals surface area contributed by atoms with Crippen LogP contribution in [0, 0.1) is 38.0 Å². The molecule has 2 nitrogen and oxygen atoms in total. The highest BCUT2D eigenvalue weighted by molar-refractivity contribution is 5.78. The Morgan fingerprint density at radius 2 is 1.77 bits per heavy atom. The second kappa shape index (κ2) is 5.91. The number of carbonyl (C=O) groups is 1. The number of aryl methyl sites for hydroxylation is 2. The van der Waals surface area contributed by atoms with Gasteiger partial charge in [0.1, 0.15) is 6.61 Å². The minimum absolute atomic E-state index is 0.00665. The van der Waals surface area contributed by atoms with Gasteiger partial charge in [-0.25, -0.2) is 0 Å². The molecule has 0 spiro atoms. The van der Waals surface area contributed by atoms with E-state index >= 15 is 0 Å². The molecule has 120 valence electrons. The van der Waals surface area contributed by atoms with Crippen molar-refractivity contribution in [2.24, 2.45) is 17.3 Å². The van der Waals surface area contributed by atoms with E-state index in [0.717, 1.165) is 5.56 Å². The Hall–Kier alpha value is -1.57.